The monoisotopic (exact) mass is 397 g/mol. The first kappa shape index (κ1) is 20.3. The molecule has 1 saturated carbocycles. The van der Waals surface area contributed by atoms with Crippen molar-refractivity contribution in [3.05, 3.63) is 23.9 Å². The van der Waals surface area contributed by atoms with Gasteiger partial charge in [-0.25, -0.2) is 0 Å². The maximum atomic E-state index is 6.00. The lowest BCUT2D eigenvalue weighted by atomic mass is 9.92. The van der Waals surface area contributed by atoms with Crippen molar-refractivity contribution in [2.75, 3.05) is 26.2 Å². The van der Waals surface area contributed by atoms with Crippen LogP contribution in [0.5, 0.6) is 5.88 Å². The summed E-state index contributed by atoms with van der Waals surface area (Å²) in [6.07, 6.45) is 5.71. The Morgan fingerprint density at radius 1 is 1.10 bits per heavy atom. The third-order valence-corrected chi connectivity index (χ3v) is 6.57. The van der Waals surface area contributed by atoms with E-state index in [9.17, 15) is 0 Å². The summed E-state index contributed by atoms with van der Waals surface area (Å²) in [7, 11) is 1.93. The first-order chi connectivity index (χ1) is 13.8. The number of aromatic nitrogens is 4. The van der Waals surface area contributed by atoms with Crippen molar-refractivity contribution in [3.8, 4) is 17.3 Å². The molecular formula is C23H35N5O. The first-order valence-electron chi connectivity index (χ1n) is 11.0. The van der Waals surface area contributed by atoms with Crippen LogP contribution >= 0.6 is 0 Å². The van der Waals surface area contributed by atoms with Crippen molar-refractivity contribution in [2.45, 2.75) is 47.0 Å². The number of hydrogen-bond acceptors (Lipinski definition) is 5. The minimum absolute atomic E-state index is 0.431. The van der Waals surface area contributed by atoms with Gasteiger partial charge in [0, 0.05) is 26.2 Å². The summed E-state index contributed by atoms with van der Waals surface area (Å²) in [6.45, 7) is 13.6. The third kappa shape index (κ3) is 4.80. The van der Waals surface area contributed by atoms with Crippen LogP contribution in [-0.4, -0.2) is 51.1 Å². The Kier molecular flexibility index (Phi) is 5.65. The van der Waals surface area contributed by atoms with Gasteiger partial charge in [0.05, 0.1) is 18.5 Å². The summed E-state index contributed by atoms with van der Waals surface area (Å²) < 4.78 is 7.83. The molecule has 0 radical (unpaired) electrons. The smallest absolute Gasteiger partial charge is 0.233 e. The Hall–Kier alpha value is -1.95. The predicted molar refractivity (Wildman–Crippen MR) is 115 cm³/mol. The van der Waals surface area contributed by atoms with E-state index in [-0.39, 0.29) is 0 Å². The Morgan fingerprint density at radius 2 is 1.83 bits per heavy atom. The average molecular weight is 398 g/mol. The van der Waals surface area contributed by atoms with E-state index in [1.807, 2.05) is 37.0 Å². The number of ether oxygens (including phenoxy) is 1. The van der Waals surface area contributed by atoms with Gasteiger partial charge < -0.3 is 9.64 Å². The molecular weight excluding hydrogens is 362 g/mol. The fraction of sp³-hybridized carbons (Fsp3) is 0.696. The summed E-state index contributed by atoms with van der Waals surface area (Å²) in [6, 6.07) is 3.90. The van der Waals surface area contributed by atoms with Gasteiger partial charge in [-0.2, -0.15) is 5.10 Å². The predicted octanol–water partition coefficient (Wildman–Crippen LogP) is 3.96. The van der Waals surface area contributed by atoms with Gasteiger partial charge in [-0.05, 0) is 67.5 Å². The highest BCUT2D eigenvalue weighted by atomic mass is 16.5. The van der Waals surface area contributed by atoms with Crippen molar-refractivity contribution >= 4 is 0 Å². The Labute approximate surface area is 174 Å². The summed E-state index contributed by atoms with van der Waals surface area (Å²) in [4.78, 5) is 2.68. The fourth-order valence-corrected chi connectivity index (χ4v) is 4.98. The number of hydrogen-bond donors (Lipinski definition) is 0. The molecule has 0 N–H and O–H groups in total. The molecule has 1 aliphatic heterocycles. The molecule has 158 valence electrons. The lowest BCUT2D eigenvalue weighted by molar-refractivity contribution is 0.212. The van der Waals surface area contributed by atoms with Gasteiger partial charge in [0.15, 0.2) is 0 Å². The van der Waals surface area contributed by atoms with Crippen LogP contribution in [-0.2, 0) is 7.05 Å². The molecule has 4 rings (SSSR count). The second kappa shape index (κ2) is 8.05. The molecule has 29 heavy (non-hydrogen) atoms. The zero-order chi connectivity index (χ0) is 20.6. The van der Waals surface area contributed by atoms with E-state index in [1.54, 1.807) is 0 Å². The molecule has 1 unspecified atom stereocenters. The topological polar surface area (TPSA) is 56.1 Å². The van der Waals surface area contributed by atoms with E-state index in [0.717, 1.165) is 35.4 Å². The highest BCUT2D eigenvalue weighted by Crippen LogP contribution is 2.42. The summed E-state index contributed by atoms with van der Waals surface area (Å²) in [5.74, 6) is 2.97. The SMILES string of the molecule is Cc1cnn(C)c1-c1ccc(OC[C@@H]2CC3CN(CCC(C)(C)C)C[C@@H]3C2)nn1. The van der Waals surface area contributed by atoms with Gasteiger partial charge in [0.25, 0.3) is 0 Å². The van der Waals surface area contributed by atoms with Gasteiger partial charge in [-0.3, -0.25) is 4.68 Å². The summed E-state index contributed by atoms with van der Waals surface area (Å²) in [5.41, 5.74) is 3.37. The third-order valence-electron chi connectivity index (χ3n) is 6.57. The van der Waals surface area contributed by atoms with Crippen molar-refractivity contribution < 1.29 is 4.74 Å². The Morgan fingerprint density at radius 3 is 2.38 bits per heavy atom. The molecule has 1 aliphatic carbocycles. The van der Waals surface area contributed by atoms with E-state index in [1.165, 1.54) is 38.9 Å². The van der Waals surface area contributed by atoms with Crippen LogP contribution in [0.1, 0.15) is 45.6 Å². The summed E-state index contributed by atoms with van der Waals surface area (Å²) in [5, 5.41) is 12.9. The van der Waals surface area contributed by atoms with Crippen LogP contribution < -0.4 is 4.74 Å². The van der Waals surface area contributed by atoms with E-state index >= 15 is 0 Å². The average Bonchev–Trinajstić information content (AvgIpc) is 3.31. The van der Waals surface area contributed by atoms with E-state index in [4.69, 9.17) is 4.74 Å². The van der Waals surface area contributed by atoms with Crippen LogP contribution in [0.4, 0.5) is 0 Å². The highest BCUT2D eigenvalue weighted by Gasteiger charge is 2.40. The van der Waals surface area contributed by atoms with Crippen LogP contribution in [0.15, 0.2) is 18.3 Å². The zero-order valence-corrected chi connectivity index (χ0v) is 18.6. The van der Waals surface area contributed by atoms with Crippen LogP contribution in [0.2, 0.25) is 0 Å². The quantitative estimate of drug-likeness (QED) is 0.738. The number of rotatable bonds is 6. The zero-order valence-electron chi connectivity index (χ0n) is 18.6. The molecule has 2 aliphatic rings. The second-order valence-electron chi connectivity index (χ2n) is 10.3. The Bertz CT molecular complexity index is 789. The molecule has 0 aromatic carbocycles. The standard InChI is InChI=1S/C23H35N5O/c1-16-12-24-27(5)22(16)20-6-7-21(26-25-20)29-15-17-10-18-13-28(14-19(18)11-17)9-8-23(2,3)4/h6-7,12,17-19H,8-11,13-15H2,1-5H3/t17-,18-,19?/m0/s1. The number of nitrogens with zero attached hydrogens (tertiary/aromatic N) is 5. The molecule has 3 heterocycles. The van der Waals surface area contributed by atoms with Crippen molar-refractivity contribution in [1.29, 1.82) is 0 Å². The van der Waals surface area contributed by atoms with Gasteiger partial charge >= 0.3 is 0 Å². The number of aryl methyl sites for hydroxylation is 2. The van der Waals surface area contributed by atoms with Gasteiger partial charge in [0.1, 0.15) is 5.69 Å². The maximum Gasteiger partial charge on any atom is 0.233 e. The van der Waals surface area contributed by atoms with Crippen molar-refractivity contribution in [1.82, 2.24) is 24.9 Å². The molecule has 0 amide bonds. The molecule has 0 spiro atoms. The maximum absolute atomic E-state index is 6.00. The molecule has 3 atom stereocenters. The normalized spacial score (nSPS) is 24.8. The molecule has 6 heteroatoms. The largest absolute Gasteiger partial charge is 0.476 e. The highest BCUT2D eigenvalue weighted by molar-refractivity contribution is 5.58. The fourth-order valence-electron chi connectivity index (χ4n) is 4.98. The van der Waals surface area contributed by atoms with Gasteiger partial charge in [0.2, 0.25) is 5.88 Å². The van der Waals surface area contributed by atoms with E-state index in [2.05, 4.69) is 41.0 Å². The van der Waals surface area contributed by atoms with E-state index in [0.29, 0.717) is 17.2 Å². The second-order valence-corrected chi connectivity index (χ2v) is 10.3. The number of likely N-dealkylation sites (tertiary alicyclic amines) is 1. The van der Waals surface area contributed by atoms with Crippen LogP contribution in [0.25, 0.3) is 11.4 Å². The minimum Gasteiger partial charge on any atom is -0.476 e. The molecule has 2 fully saturated rings. The molecule has 1 saturated heterocycles. The van der Waals surface area contributed by atoms with Crippen molar-refractivity contribution in [2.24, 2.45) is 30.2 Å². The first-order valence-corrected chi connectivity index (χ1v) is 11.0. The van der Waals surface area contributed by atoms with Crippen LogP contribution in [0, 0.1) is 30.1 Å². The van der Waals surface area contributed by atoms with Gasteiger partial charge in [-0.15, -0.1) is 10.2 Å². The molecule has 6 nitrogen and oxygen atoms in total. The van der Waals surface area contributed by atoms with Crippen molar-refractivity contribution in [3.63, 3.8) is 0 Å². The minimum atomic E-state index is 0.431. The van der Waals surface area contributed by atoms with Crippen LogP contribution in [0.3, 0.4) is 0 Å². The van der Waals surface area contributed by atoms with Gasteiger partial charge in [-0.1, -0.05) is 20.8 Å². The Balaban J connectivity index is 1.24. The lowest BCUT2D eigenvalue weighted by Gasteiger charge is -2.24. The lowest BCUT2D eigenvalue weighted by Crippen LogP contribution is -2.27. The van der Waals surface area contributed by atoms with E-state index < -0.39 is 0 Å². The summed E-state index contributed by atoms with van der Waals surface area (Å²) >= 11 is 0. The molecule has 0 bridgehead atoms. The molecule has 2 aromatic heterocycles. The molecule has 2 aromatic rings. The number of fused-ring (bicyclic) bond motifs is 1.